The van der Waals surface area contributed by atoms with Crippen molar-refractivity contribution in [2.45, 2.75) is 28.7 Å². The molecular weight excluding hydrogens is 383 g/mol. The number of aliphatic hydroxyl groups is 1. The summed E-state index contributed by atoms with van der Waals surface area (Å²) in [5.74, 6) is -0.189. The maximum Gasteiger partial charge on any atom is 0.124 e. The Morgan fingerprint density at radius 3 is 2.67 bits per heavy atom. The van der Waals surface area contributed by atoms with E-state index in [2.05, 4.69) is 15.9 Å². The van der Waals surface area contributed by atoms with Crippen molar-refractivity contribution in [3.05, 3.63) is 58.4 Å². The predicted molar refractivity (Wildman–Crippen MR) is 108 cm³/mol. The second kappa shape index (κ2) is 8.50. The molecule has 4 rings (SSSR count). The number of rotatable bonds is 4. The molecule has 1 fully saturated rings. The maximum atomic E-state index is 13.9. The summed E-state index contributed by atoms with van der Waals surface area (Å²) in [7, 11) is 0. The molecule has 0 spiro atoms. The number of hydrogen-bond acceptors (Lipinski definition) is 4. The Labute approximate surface area is 169 Å². The van der Waals surface area contributed by atoms with Gasteiger partial charge in [-0.15, -0.1) is 0 Å². The Morgan fingerprint density at radius 2 is 1.89 bits per heavy atom. The molecule has 0 bridgehead atoms. The van der Waals surface area contributed by atoms with E-state index < -0.39 is 0 Å². The highest BCUT2D eigenvalue weighted by molar-refractivity contribution is 7.99. The first-order valence-electron chi connectivity index (χ1n) is 9.47. The molecule has 2 aromatic rings. The van der Waals surface area contributed by atoms with Crippen molar-refractivity contribution in [1.29, 1.82) is 0 Å². The van der Waals surface area contributed by atoms with Crippen LogP contribution in [0, 0.1) is 5.82 Å². The van der Waals surface area contributed by atoms with E-state index in [0.717, 1.165) is 60.4 Å². The topological polar surface area (TPSA) is 26.7 Å². The van der Waals surface area contributed by atoms with Gasteiger partial charge in [-0.05, 0) is 54.3 Å². The molecule has 27 heavy (non-hydrogen) atoms. The summed E-state index contributed by atoms with van der Waals surface area (Å²) in [5, 5.41) is 9.80. The molecule has 2 aliphatic rings. The van der Waals surface area contributed by atoms with Gasteiger partial charge in [0, 0.05) is 60.2 Å². The summed E-state index contributed by atoms with van der Waals surface area (Å²) in [6, 6.07) is 11.4. The van der Waals surface area contributed by atoms with E-state index in [-0.39, 0.29) is 18.5 Å². The lowest BCUT2D eigenvalue weighted by molar-refractivity contribution is 0.0899. The summed E-state index contributed by atoms with van der Waals surface area (Å²) in [4.78, 5) is 7.09. The molecule has 0 aromatic heterocycles. The largest absolute Gasteiger partial charge is 0.396 e. The summed E-state index contributed by atoms with van der Waals surface area (Å²) in [5.41, 5.74) is 2.44. The van der Waals surface area contributed by atoms with Crippen LogP contribution < -0.4 is 0 Å². The summed E-state index contributed by atoms with van der Waals surface area (Å²) < 4.78 is 13.9. The minimum absolute atomic E-state index is 0.189. The highest BCUT2D eigenvalue weighted by Gasteiger charge is 2.30. The predicted octanol–water partition coefficient (Wildman–Crippen LogP) is 4.23. The van der Waals surface area contributed by atoms with Crippen molar-refractivity contribution in [3.63, 3.8) is 0 Å². The van der Waals surface area contributed by atoms with Gasteiger partial charge < -0.3 is 10.0 Å². The van der Waals surface area contributed by atoms with Crippen molar-refractivity contribution in [2.75, 3.05) is 39.3 Å². The number of nitrogens with zero attached hydrogens (tertiary/aromatic N) is 2. The Morgan fingerprint density at radius 1 is 1.07 bits per heavy atom. The Balaban J connectivity index is 1.61. The average molecular weight is 407 g/mol. The summed E-state index contributed by atoms with van der Waals surface area (Å²) in [6.07, 6.45) is 1.71. The number of hydrogen-bond donors (Lipinski definition) is 1. The van der Waals surface area contributed by atoms with Gasteiger partial charge in [0.25, 0.3) is 0 Å². The van der Waals surface area contributed by atoms with Gasteiger partial charge in [-0.3, -0.25) is 4.90 Å². The first kappa shape index (κ1) is 19.2. The van der Waals surface area contributed by atoms with E-state index in [0.29, 0.717) is 0 Å². The Bertz CT molecular complexity index is 811. The van der Waals surface area contributed by atoms with Crippen LogP contribution in [0.4, 0.5) is 4.39 Å². The highest BCUT2D eigenvalue weighted by Crippen LogP contribution is 2.43. The standard InChI is InChI=1S/C21H24ClFN2OS/c22-16-2-5-20-15(12-16)13-19(18-4-3-17(23)14-21(18)27-20)25-9-7-24(8-10-25)6-1-11-26/h2-5,12,14,19,26H,1,6-11,13H2. The maximum absolute atomic E-state index is 13.9. The van der Waals surface area contributed by atoms with Crippen LogP contribution in [0.15, 0.2) is 46.2 Å². The third-order valence-electron chi connectivity index (χ3n) is 5.47. The third kappa shape index (κ3) is 4.33. The Hall–Kier alpha value is -1.11. The first-order chi connectivity index (χ1) is 13.1. The number of fused-ring (bicyclic) bond motifs is 2. The molecule has 3 nitrogen and oxygen atoms in total. The van der Waals surface area contributed by atoms with Crippen LogP contribution in [0.25, 0.3) is 0 Å². The molecule has 144 valence electrons. The molecule has 0 amide bonds. The number of halogens is 2. The molecule has 1 saturated heterocycles. The van der Waals surface area contributed by atoms with Gasteiger partial charge in [-0.25, -0.2) is 4.39 Å². The number of aliphatic hydroxyl groups excluding tert-OH is 1. The van der Waals surface area contributed by atoms with Crippen molar-refractivity contribution in [1.82, 2.24) is 9.80 Å². The van der Waals surface area contributed by atoms with Crippen LogP contribution >= 0.6 is 23.4 Å². The minimum Gasteiger partial charge on any atom is -0.396 e. The van der Waals surface area contributed by atoms with E-state index in [1.165, 1.54) is 11.1 Å². The SMILES string of the molecule is OCCCN1CCN(C2Cc3cc(Cl)ccc3Sc3cc(F)ccc32)CC1. The van der Waals surface area contributed by atoms with Crippen molar-refractivity contribution in [2.24, 2.45) is 0 Å². The molecule has 2 heterocycles. The zero-order chi connectivity index (χ0) is 18.8. The summed E-state index contributed by atoms with van der Waals surface area (Å²) in [6.45, 7) is 5.16. The van der Waals surface area contributed by atoms with Gasteiger partial charge in [0.05, 0.1) is 0 Å². The van der Waals surface area contributed by atoms with Crippen molar-refractivity contribution >= 4 is 23.4 Å². The fourth-order valence-electron chi connectivity index (χ4n) is 4.03. The van der Waals surface area contributed by atoms with E-state index in [1.54, 1.807) is 23.9 Å². The monoisotopic (exact) mass is 406 g/mol. The van der Waals surface area contributed by atoms with Crippen LogP contribution in [0.3, 0.4) is 0 Å². The normalized spacial score (nSPS) is 20.8. The summed E-state index contributed by atoms with van der Waals surface area (Å²) >= 11 is 7.90. The minimum atomic E-state index is -0.189. The lowest BCUT2D eigenvalue weighted by atomic mass is 9.96. The zero-order valence-corrected chi connectivity index (χ0v) is 16.8. The van der Waals surface area contributed by atoms with Crippen LogP contribution in [0.2, 0.25) is 5.02 Å². The number of piperazine rings is 1. The molecule has 1 unspecified atom stereocenters. The van der Waals surface area contributed by atoms with E-state index in [4.69, 9.17) is 16.7 Å². The van der Waals surface area contributed by atoms with Gasteiger partial charge in [0.1, 0.15) is 5.82 Å². The van der Waals surface area contributed by atoms with Crippen LogP contribution in [0.5, 0.6) is 0 Å². The lowest BCUT2D eigenvalue weighted by Gasteiger charge is -2.39. The van der Waals surface area contributed by atoms with Crippen LogP contribution in [-0.4, -0.2) is 54.2 Å². The molecular formula is C21H24ClFN2OS. The third-order valence-corrected chi connectivity index (χ3v) is 6.90. The zero-order valence-electron chi connectivity index (χ0n) is 15.2. The highest BCUT2D eigenvalue weighted by atomic mass is 35.5. The van der Waals surface area contributed by atoms with Gasteiger partial charge in [0.2, 0.25) is 0 Å². The number of benzene rings is 2. The molecule has 0 radical (unpaired) electrons. The van der Waals surface area contributed by atoms with Gasteiger partial charge in [0.15, 0.2) is 0 Å². The van der Waals surface area contributed by atoms with Crippen molar-refractivity contribution in [3.8, 4) is 0 Å². The fraction of sp³-hybridized carbons (Fsp3) is 0.429. The molecule has 6 heteroatoms. The van der Waals surface area contributed by atoms with E-state index >= 15 is 0 Å². The fourth-order valence-corrected chi connectivity index (χ4v) is 5.37. The van der Waals surface area contributed by atoms with E-state index in [1.807, 2.05) is 18.2 Å². The average Bonchev–Trinajstić information content (AvgIpc) is 2.82. The molecule has 2 aromatic carbocycles. The smallest absolute Gasteiger partial charge is 0.124 e. The van der Waals surface area contributed by atoms with Crippen molar-refractivity contribution < 1.29 is 9.50 Å². The van der Waals surface area contributed by atoms with Crippen LogP contribution in [-0.2, 0) is 6.42 Å². The Kier molecular flexibility index (Phi) is 6.05. The van der Waals surface area contributed by atoms with Gasteiger partial charge >= 0.3 is 0 Å². The first-order valence-corrected chi connectivity index (χ1v) is 10.7. The quantitative estimate of drug-likeness (QED) is 0.822. The van der Waals surface area contributed by atoms with E-state index in [9.17, 15) is 4.39 Å². The molecule has 1 atom stereocenters. The molecule has 2 aliphatic heterocycles. The molecule has 0 aliphatic carbocycles. The second-order valence-electron chi connectivity index (χ2n) is 7.21. The lowest BCUT2D eigenvalue weighted by Crippen LogP contribution is -2.48. The molecule has 0 saturated carbocycles. The molecule has 1 N–H and O–H groups in total. The second-order valence-corrected chi connectivity index (χ2v) is 8.73. The van der Waals surface area contributed by atoms with Gasteiger partial charge in [-0.1, -0.05) is 29.4 Å². The van der Waals surface area contributed by atoms with Gasteiger partial charge in [-0.2, -0.15) is 0 Å². The van der Waals surface area contributed by atoms with Crippen LogP contribution in [0.1, 0.15) is 23.6 Å².